The molecule has 4 aromatic rings. The Hall–Kier alpha value is -4.17. The first-order valence-electron chi connectivity index (χ1n) is 11.7. The van der Waals surface area contributed by atoms with E-state index >= 15 is 0 Å². The number of rotatable bonds is 11. The normalized spacial score (nSPS) is 10.5. The van der Waals surface area contributed by atoms with Crippen molar-refractivity contribution in [3.8, 4) is 22.6 Å². The summed E-state index contributed by atoms with van der Waals surface area (Å²) in [6, 6.07) is 27.2. The average Bonchev–Trinajstić information content (AvgIpc) is 2.94. The molecular formula is C29H28FN3O3S. The lowest BCUT2D eigenvalue weighted by atomic mass is 10.1. The molecule has 0 saturated carbocycles. The van der Waals surface area contributed by atoms with Gasteiger partial charge in [-0.25, -0.2) is 4.39 Å². The highest BCUT2D eigenvalue weighted by molar-refractivity contribution is 8.00. The Balaban J connectivity index is 1.34. The molecule has 6 nitrogen and oxygen atoms in total. The van der Waals surface area contributed by atoms with E-state index in [1.807, 2.05) is 54.6 Å². The number of carbonyl (C=O) groups is 1. The lowest BCUT2D eigenvalue weighted by molar-refractivity contribution is 0.0952. The number of hydrogen-bond donors (Lipinski definition) is 3. The van der Waals surface area contributed by atoms with Crippen LogP contribution in [-0.2, 0) is 0 Å². The molecule has 0 fully saturated rings. The third-order valence-corrected chi connectivity index (χ3v) is 6.46. The van der Waals surface area contributed by atoms with Gasteiger partial charge in [0.1, 0.15) is 17.3 Å². The topological polar surface area (TPSA) is 71.6 Å². The summed E-state index contributed by atoms with van der Waals surface area (Å²) in [5.41, 5.74) is 3.60. The lowest BCUT2D eigenvalue weighted by Gasteiger charge is -2.13. The fourth-order valence-electron chi connectivity index (χ4n) is 3.74. The van der Waals surface area contributed by atoms with Crippen LogP contribution in [0.25, 0.3) is 11.1 Å². The molecule has 190 valence electrons. The number of para-hydroxylation sites is 1. The SMILES string of the molecule is COc1ccc(-c2ccccc2F)cc1SNc1cccc(NCCNC(=O)c2ccccc2OC)c1. The molecule has 0 aliphatic rings. The maximum atomic E-state index is 14.3. The second kappa shape index (κ2) is 12.7. The van der Waals surface area contributed by atoms with E-state index in [0.29, 0.717) is 35.7 Å². The summed E-state index contributed by atoms with van der Waals surface area (Å²) in [6.45, 7) is 0.999. The number of halogens is 1. The summed E-state index contributed by atoms with van der Waals surface area (Å²) in [6.07, 6.45) is 0. The van der Waals surface area contributed by atoms with Crippen molar-refractivity contribution < 1.29 is 18.7 Å². The molecular weight excluding hydrogens is 489 g/mol. The van der Waals surface area contributed by atoms with Gasteiger partial charge in [-0.3, -0.25) is 4.79 Å². The van der Waals surface area contributed by atoms with E-state index < -0.39 is 0 Å². The number of anilines is 2. The number of carbonyl (C=O) groups excluding carboxylic acids is 1. The van der Waals surface area contributed by atoms with Gasteiger partial charge in [-0.1, -0.05) is 42.5 Å². The van der Waals surface area contributed by atoms with Crippen molar-refractivity contribution in [3.63, 3.8) is 0 Å². The number of hydrogen-bond acceptors (Lipinski definition) is 6. The zero-order valence-electron chi connectivity index (χ0n) is 20.6. The molecule has 0 atom stereocenters. The number of nitrogens with one attached hydrogen (secondary N) is 3. The van der Waals surface area contributed by atoms with Gasteiger partial charge in [0.2, 0.25) is 0 Å². The van der Waals surface area contributed by atoms with Crippen LogP contribution in [0.2, 0.25) is 0 Å². The molecule has 0 saturated heterocycles. The van der Waals surface area contributed by atoms with Gasteiger partial charge in [0.15, 0.2) is 0 Å². The minimum atomic E-state index is -0.269. The second-order valence-electron chi connectivity index (χ2n) is 8.01. The predicted molar refractivity (Wildman–Crippen MR) is 148 cm³/mol. The minimum absolute atomic E-state index is 0.183. The fourth-order valence-corrected chi connectivity index (χ4v) is 4.53. The Morgan fingerprint density at radius 3 is 2.38 bits per heavy atom. The molecule has 0 aromatic heterocycles. The second-order valence-corrected chi connectivity index (χ2v) is 8.86. The van der Waals surface area contributed by atoms with Crippen molar-refractivity contribution in [2.75, 3.05) is 37.3 Å². The van der Waals surface area contributed by atoms with Crippen molar-refractivity contribution in [3.05, 3.63) is 102 Å². The third kappa shape index (κ3) is 6.74. The number of amides is 1. The molecule has 37 heavy (non-hydrogen) atoms. The highest BCUT2D eigenvalue weighted by Gasteiger charge is 2.11. The van der Waals surface area contributed by atoms with Crippen LogP contribution < -0.4 is 24.8 Å². The van der Waals surface area contributed by atoms with Crippen molar-refractivity contribution in [2.45, 2.75) is 4.90 Å². The van der Waals surface area contributed by atoms with Gasteiger partial charge < -0.3 is 24.8 Å². The van der Waals surface area contributed by atoms with Gasteiger partial charge in [-0.15, -0.1) is 0 Å². The van der Waals surface area contributed by atoms with Crippen molar-refractivity contribution in [2.24, 2.45) is 0 Å². The van der Waals surface area contributed by atoms with Crippen LogP contribution in [0, 0.1) is 5.82 Å². The maximum Gasteiger partial charge on any atom is 0.255 e. The molecule has 1 amide bonds. The van der Waals surface area contributed by atoms with Crippen LogP contribution in [0.5, 0.6) is 11.5 Å². The number of methoxy groups -OCH3 is 2. The zero-order valence-corrected chi connectivity index (χ0v) is 21.4. The van der Waals surface area contributed by atoms with E-state index in [1.165, 1.54) is 18.0 Å². The first kappa shape index (κ1) is 25.9. The van der Waals surface area contributed by atoms with Crippen LogP contribution in [0.15, 0.2) is 95.9 Å². The van der Waals surface area contributed by atoms with Gasteiger partial charge in [-0.2, -0.15) is 0 Å². The highest BCUT2D eigenvalue weighted by Crippen LogP contribution is 2.35. The van der Waals surface area contributed by atoms with Gasteiger partial charge in [0.25, 0.3) is 5.91 Å². The van der Waals surface area contributed by atoms with E-state index in [0.717, 1.165) is 21.8 Å². The molecule has 0 aliphatic heterocycles. The van der Waals surface area contributed by atoms with Crippen LogP contribution in [0.4, 0.5) is 15.8 Å². The molecule has 0 unspecified atom stereocenters. The van der Waals surface area contributed by atoms with E-state index in [1.54, 1.807) is 44.6 Å². The van der Waals surface area contributed by atoms with Gasteiger partial charge in [0, 0.05) is 30.0 Å². The quantitative estimate of drug-likeness (QED) is 0.156. The average molecular weight is 518 g/mol. The van der Waals surface area contributed by atoms with E-state index in [-0.39, 0.29) is 11.7 Å². The fraction of sp³-hybridized carbons (Fsp3) is 0.138. The van der Waals surface area contributed by atoms with E-state index in [2.05, 4.69) is 15.4 Å². The highest BCUT2D eigenvalue weighted by atomic mass is 32.2. The number of ether oxygens (including phenoxy) is 2. The van der Waals surface area contributed by atoms with E-state index in [9.17, 15) is 9.18 Å². The molecule has 0 radical (unpaired) electrons. The van der Waals surface area contributed by atoms with E-state index in [4.69, 9.17) is 9.47 Å². The van der Waals surface area contributed by atoms with Gasteiger partial charge in [0.05, 0.1) is 24.7 Å². The van der Waals surface area contributed by atoms with Crippen LogP contribution in [-0.4, -0.2) is 33.2 Å². The molecule has 3 N–H and O–H groups in total. The Kier molecular flexibility index (Phi) is 8.89. The van der Waals surface area contributed by atoms with Gasteiger partial charge >= 0.3 is 0 Å². The summed E-state index contributed by atoms with van der Waals surface area (Å²) < 4.78 is 28.4. The molecule has 0 heterocycles. The monoisotopic (exact) mass is 517 g/mol. The number of benzene rings is 4. The summed E-state index contributed by atoms with van der Waals surface area (Å²) in [5.74, 6) is 0.782. The lowest BCUT2D eigenvalue weighted by Crippen LogP contribution is -2.29. The molecule has 0 spiro atoms. The smallest absolute Gasteiger partial charge is 0.255 e. The Bertz CT molecular complexity index is 1370. The maximum absolute atomic E-state index is 14.3. The summed E-state index contributed by atoms with van der Waals surface area (Å²) in [5, 5.41) is 6.22. The first-order valence-corrected chi connectivity index (χ1v) is 12.5. The molecule has 0 aliphatic carbocycles. The first-order chi connectivity index (χ1) is 18.1. The Morgan fingerprint density at radius 1 is 0.811 bits per heavy atom. The zero-order chi connectivity index (χ0) is 26.0. The molecule has 4 rings (SSSR count). The summed E-state index contributed by atoms with van der Waals surface area (Å²) >= 11 is 1.39. The molecule has 0 bridgehead atoms. The van der Waals surface area contributed by atoms with Crippen LogP contribution >= 0.6 is 11.9 Å². The van der Waals surface area contributed by atoms with Crippen molar-refractivity contribution in [1.29, 1.82) is 0 Å². The Labute approximate surface area is 220 Å². The molecule has 8 heteroatoms. The minimum Gasteiger partial charge on any atom is -0.496 e. The predicted octanol–water partition coefficient (Wildman–Crippen LogP) is 6.47. The summed E-state index contributed by atoms with van der Waals surface area (Å²) in [7, 11) is 3.15. The standard InChI is InChI=1S/C29H28FN3O3S/c1-35-26-13-6-4-11-24(26)29(34)32-17-16-31-21-8-7-9-22(19-21)33-37-28-18-20(14-15-27(28)36-2)23-10-3-5-12-25(23)30/h3-15,18-19,31,33H,16-17H2,1-2H3,(H,32,34). The largest absolute Gasteiger partial charge is 0.496 e. The Morgan fingerprint density at radius 2 is 1.57 bits per heavy atom. The van der Waals surface area contributed by atoms with Crippen LogP contribution in [0.3, 0.4) is 0 Å². The van der Waals surface area contributed by atoms with Crippen LogP contribution in [0.1, 0.15) is 10.4 Å². The van der Waals surface area contributed by atoms with Gasteiger partial charge in [-0.05, 0) is 66.0 Å². The molecule has 4 aromatic carbocycles. The van der Waals surface area contributed by atoms with Crippen molar-refractivity contribution in [1.82, 2.24) is 5.32 Å². The summed E-state index contributed by atoms with van der Waals surface area (Å²) in [4.78, 5) is 13.3. The third-order valence-electron chi connectivity index (χ3n) is 5.58. The van der Waals surface area contributed by atoms with Crippen molar-refractivity contribution >= 4 is 29.2 Å².